The highest BCUT2D eigenvalue weighted by Crippen LogP contribution is 1.97. The maximum absolute atomic E-state index is 6.00. The van der Waals surface area contributed by atoms with Crippen LogP contribution in [0.25, 0.3) is 0 Å². The van der Waals surface area contributed by atoms with Gasteiger partial charge in [0, 0.05) is 0 Å². The predicted molar refractivity (Wildman–Crippen MR) is 82.2 cm³/mol. The molecule has 0 aliphatic heterocycles. The summed E-state index contributed by atoms with van der Waals surface area (Å²) in [7, 11) is 0. The van der Waals surface area contributed by atoms with E-state index in [9.17, 15) is 0 Å². The van der Waals surface area contributed by atoms with Crippen molar-refractivity contribution < 1.29 is 21.0 Å². The van der Waals surface area contributed by atoms with Crippen LogP contribution in [-0.4, -0.2) is 21.0 Å². The molecule has 0 saturated carbocycles. The maximum Gasteiger partial charge on any atom is -0.0307 e. The Bertz CT molecular complexity index is 337. The van der Waals surface area contributed by atoms with Gasteiger partial charge in [-0.2, -0.15) is 0 Å². The van der Waals surface area contributed by atoms with Crippen molar-refractivity contribution in [3.63, 3.8) is 0 Å². The molecule has 4 nitrogen and oxygen atoms in total. The number of hydrogen-bond acceptors (Lipinski definition) is 4. The molecule has 20 heavy (non-hydrogen) atoms. The van der Waals surface area contributed by atoms with Gasteiger partial charge in [-0.25, -0.2) is 0 Å². The Kier molecular flexibility index (Phi) is 17.8. The third kappa shape index (κ3) is 11.4. The van der Waals surface area contributed by atoms with Crippen LogP contribution in [0.3, 0.4) is 0 Å². The second-order valence-corrected chi connectivity index (χ2v) is 3.68. The Labute approximate surface area is 120 Å². The standard InChI is InChI=1S/2C8H10.2H2O2/c2*1-2-8-6-4-3-5-7-8;2*1-2/h2*3-7H,2H2,1H3;2*1-2H. The first-order valence-electron chi connectivity index (χ1n) is 6.34. The van der Waals surface area contributed by atoms with Crippen LogP contribution in [0.15, 0.2) is 60.7 Å². The lowest BCUT2D eigenvalue weighted by Gasteiger charge is -1.89. The second-order valence-electron chi connectivity index (χ2n) is 3.68. The molecule has 2 rings (SSSR count). The summed E-state index contributed by atoms with van der Waals surface area (Å²) in [5.41, 5.74) is 2.82. The van der Waals surface area contributed by atoms with Crippen LogP contribution in [-0.2, 0) is 12.8 Å². The molecule has 0 radical (unpaired) electrons. The highest BCUT2D eigenvalue weighted by Gasteiger charge is 1.80. The van der Waals surface area contributed by atoms with Gasteiger partial charge in [0.2, 0.25) is 0 Å². The molecule has 0 unspecified atom stereocenters. The minimum Gasteiger partial charge on any atom is -0.255 e. The Balaban J connectivity index is 0. The van der Waals surface area contributed by atoms with Crippen LogP contribution in [0.2, 0.25) is 0 Å². The summed E-state index contributed by atoms with van der Waals surface area (Å²) >= 11 is 0. The topological polar surface area (TPSA) is 80.9 Å². The van der Waals surface area contributed by atoms with Crippen LogP contribution in [0.5, 0.6) is 0 Å². The lowest BCUT2D eigenvalue weighted by Crippen LogP contribution is -1.73. The van der Waals surface area contributed by atoms with E-state index >= 15 is 0 Å². The third-order valence-corrected chi connectivity index (χ3v) is 2.50. The number of benzene rings is 2. The zero-order valence-corrected chi connectivity index (χ0v) is 12.0. The SMILES string of the molecule is CCc1ccccc1.CCc1ccccc1.OO.OO. The molecule has 0 bridgehead atoms. The first-order valence-corrected chi connectivity index (χ1v) is 6.34. The van der Waals surface area contributed by atoms with Crippen LogP contribution in [0.4, 0.5) is 0 Å². The molecule has 2 aromatic carbocycles. The summed E-state index contributed by atoms with van der Waals surface area (Å²) in [6.45, 7) is 4.32. The van der Waals surface area contributed by atoms with Crippen LogP contribution >= 0.6 is 0 Å². The molecule has 0 aliphatic carbocycles. The quantitative estimate of drug-likeness (QED) is 0.481. The van der Waals surface area contributed by atoms with Gasteiger partial charge in [0.1, 0.15) is 0 Å². The smallest absolute Gasteiger partial charge is 0.0307 e. The summed E-state index contributed by atoms with van der Waals surface area (Å²) in [5.74, 6) is 0. The molecular formula is C16H24O4. The molecule has 0 aliphatic rings. The van der Waals surface area contributed by atoms with E-state index in [1.165, 1.54) is 11.1 Å². The van der Waals surface area contributed by atoms with Crippen molar-refractivity contribution in [2.24, 2.45) is 0 Å². The molecular weight excluding hydrogens is 256 g/mol. The van der Waals surface area contributed by atoms with Gasteiger partial charge in [-0.05, 0) is 24.0 Å². The molecule has 2 aromatic rings. The molecule has 0 spiro atoms. The summed E-state index contributed by atoms with van der Waals surface area (Å²) in [6.07, 6.45) is 2.28. The maximum atomic E-state index is 6.00. The van der Waals surface area contributed by atoms with Crippen molar-refractivity contribution in [1.82, 2.24) is 0 Å². The molecule has 4 heteroatoms. The van der Waals surface area contributed by atoms with Crippen LogP contribution in [0.1, 0.15) is 25.0 Å². The summed E-state index contributed by atoms with van der Waals surface area (Å²) in [4.78, 5) is 0. The van der Waals surface area contributed by atoms with E-state index in [0.29, 0.717) is 0 Å². The van der Waals surface area contributed by atoms with Gasteiger partial charge in [0.25, 0.3) is 0 Å². The van der Waals surface area contributed by atoms with Gasteiger partial charge in [0.15, 0.2) is 0 Å². The lowest BCUT2D eigenvalue weighted by atomic mass is 10.2. The molecule has 0 fully saturated rings. The Hall–Kier alpha value is -1.72. The van der Waals surface area contributed by atoms with Crippen molar-refractivity contribution in [2.45, 2.75) is 26.7 Å². The largest absolute Gasteiger partial charge is 0.255 e. The van der Waals surface area contributed by atoms with Crippen LogP contribution in [0, 0.1) is 0 Å². The third-order valence-electron chi connectivity index (χ3n) is 2.50. The van der Waals surface area contributed by atoms with Crippen LogP contribution < -0.4 is 0 Å². The van der Waals surface area contributed by atoms with E-state index in [1.807, 2.05) is 12.1 Å². The molecule has 0 amide bonds. The summed E-state index contributed by atoms with van der Waals surface area (Å²) < 4.78 is 0. The Morgan fingerprint density at radius 3 is 0.950 bits per heavy atom. The minimum atomic E-state index is 1.14. The molecule has 0 atom stereocenters. The molecule has 0 saturated heterocycles. The van der Waals surface area contributed by atoms with Crippen molar-refractivity contribution >= 4 is 0 Å². The van der Waals surface area contributed by atoms with E-state index < -0.39 is 0 Å². The van der Waals surface area contributed by atoms with Crippen molar-refractivity contribution in [2.75, 3.05) is 0 Å². The predicted octanol–water partition coefficient (Wildman–Crippen LogP) is 4.53. The van der Waals surface area contributed by atoms with Gasteiger partial charge >= 0.3 is 0 Å². The Morgan fingerprint density at radius 1 is 0.550 bits per heavy atom. The monoisotopic (exact) mass is 280 g/mol. The van der Waals surface area contributed by atoms with E-state index in [1.54, 1.807) is 0 Å². The normalized spacial score (nSPS) is 7.90. The number of hydrogen-bond donors (Lipinski definition) is 4. The fourth-order valence-electron chi connectivity index (χ4n) is 1.43. The fraction of sp³-hybridized carbons (Fsp3) is 0.250. The van der Waals surface area contributed by atoms with Gasteiger partial charge < -0.3 is 0 Å². The van der Waals surface area contributed by atoms with Gasteiger partial charge in [-0.15, -0.1) is 0 Å². The Morgan fingerprint density at radius 2 is 0.800 bits per heavy atom. The summed E-state index contributed by atoms with van der Waals surface area (Å²) in [5, 5.41) is 24.0. The van der Waals surface area contributed by atoms with E-state index in [-0.39, 0.29) is 0 Å². The number of rotatable bonds is 2. The molecule has 0 heterocycles. The zero-order valence-electron chi connectivity index (χ0n) is 12.0. The van der Waals surface area contributed by atoms with Gasteiger partial charge in [0.05, 0.1) is 0 Å². The van der Waals surface area contributed by atoms with E-state index in [2.05, 4.69) is 62.4 Å². The summed E-state index contributed by atoms with van der Waals surface area (Å²) in [6, 6.07) is 20.9. The highest BCUT2D eigenvalue weighted by molar-refractivity contribution is 5.14. The molecule has 4 N–H and O–H groups in total. The average Bonchev–Trinajstić information content (AvgIpc) is 2.60. The lowest BCUT2D eigenvalue weighted by molar-refractivity contribution is -0.176. The molecule has 0 aromatic heterocycles. The minimum absolute atomic E-state index is 1.14. The van der Waals surface area contributed by atoms with Crippen molar-refractivity contribution in [1.29, 1.82) is 0 Å². The van der Waals surface area contributed by atoms with Crippen molar-refractivity contribution in [3.8, 4) is 0 Å². The second kappa shape index (κ2) is 17.3. The number of aryl methyl sites for hydroxylation is 2. The van der Waals surface area contributed by atoms with Gasteiger partial charge in [-0.1, -0.05) is 74.5 Å². The first-order chi connectivity index (χ1) is 9.86. The first kappa shape index (κ1) is 20.6. The molecule has 112 valence electrons. The van der Waals surface area contributed by atoms with Gasteiger partial charge in [-0.3, -0.25) is 21.0 Å². The zero-order chi connectivity index (χ0) is 15.6. The average molecular weight is 280 g/mol. The van der Waals surface area contributed by atoms with Crippen molar-refractivity contribution in [3.05, 3.63) is 71.8 Å². The van der Waals surface area contributed by atoms with E-state index in [0.717, 1.165) is 12.8 Å². The van der Waals surface area contributed by atoms with E-state index in [4.69, 9.17) is 21.0 Å². The highest BCUT2D eigenvalue weighted by atomic mass is 17.0. The fourth-order valence-corrected chi connectivity index (χ4v) is 1.43.